The van der Waals surface area contributed by atoms with Crippen LogP contribution in [0.1, 0.15) is 22.3 Å². The van der Waals surface area contributed by atoms with Gasteiger partial charge in [-0.25, -0.2) is 9.97 Å². The number of anilines is 1. The fourth-order valence-electron chi connectivity index (χ4n) is 3.42. The molecule has 3 N–H and O–H groups in total. The van der Waals surface area contributed by atoms with Gasteiger partial charge in [-0.05, 0) is 43.2 Å². The molecule has 0 spiro atoms. The van der Waals surface area contributed by atoms with E-state index in [1.165, 1.54) is 0 Å². The van der Waals surface area contributed by atoms with Gasteiger partial charge in [0.1, 0.15) is 16.9 Å². The highest BCUT2D eigenvalue weighted by atomic mass is 16.5. The second-order valence-corrected chi connectivity index (χ2v) is 6.92. The smallest absolute Gasteiger partial charge is 0.257 e. The highest BCUT2D eigenvalue weighted by molar-refractivity contribution is 6.11. The Balaban J connectivity index is 1.91. The van der Waals surface area contributed by atoms with Crippen LogP contribution < -0.4 is 11.1 Å². The Morgan fingerprint density at radius 2 is 1.90 bits per heavy atom. The summed E-state index contributed by atoms with van der Waals surface area (Å²) in [6.07, 6.45) is 0.716. The van der Waals surface area contributed by atoms with Crippen molar-refractivity contribution in [2.75, 3.05) is 26.0 Å². The third kappa shape index (κ3) is 3.52. The van der Waals surface area contributed by atoms with Crippen molar-refractivity contribution in [1.29, 1.82) is 0 Å². The number of aromatic nitrogens is 3. The van der Waals surface area contributed by atoms with Gasteiger partial charge in [0.05, 0.1) is 11.0 Å². The lowest BCUT2D eigenvalue weighted by Gasteiger charge is -2.09. The molecule has 0 unspecified atom stereocenters. The van der Waals surface area contributed by atoms with E-state index in [4.69, 9.17) is 20.4 Å². The van der Waals surface area contributed by atoms with E-state index in [9.17, 15) is 4.79 Å². The monoisotopic (exact) mass is 389 g/mol. The van der Waals surface area contributed by atoms with Crippen molar-refractivity contribution < 1.29 is 9.53 Å². The number of hydrogen-bond donors (Lipinski definition) is 2. The number of benzene rings is 2. The van der Waals surface area contributed by atoms with Crippen molar-refractivity contribution in [2.24, 2.45) is 0 Å². The molecule has 0 atom stereocenters. The van der Waals surface area contributed by atoms with Crippen LogP contribution in [-0.2, 0) is 4.74 Å². The average Bonchev–Trinajstić information content (AvgIpc) is 3.00. The van der Waals surface area contributed by atoms with Gasteiger partial charge in [0.25, 0.3) is 5.91 Å². The largest absolute Gasteiger partial charge is 0.385 e. The van der Waals surface area contributed by atoms with Crippen molar-refractivity contribution in [1.82, 2.24) is 19.9 Å². The van der Waals surface area contributed by atoms with Crippen LogP contribution in [0.25, 0.3) is 27.9 Å². The molecule has 0 saturated carbocycles. The molecule has 2 aromatic heterocycles. The number of hydrogen-bond acceptors (Lipinski definition) is 5. The summed E-state index contributed by atoms with van der Waals surface area (Å²) in [5, 5.41) is 2.91. The summed E-state index contributed by atoms with van der Waals surface area (Å²) in [4.78, 5) is 22.5. The first-order chi connectivity index (χ1) is 14.1. The third-order valence-electron chi connectivity index (χ3n) is 4.80. The first-order valence-corrected chi connectivity index (χ1v) is 9.51. The summed E-state index contributed by atoms with van der Waals surface area (Å²) in [5.41, 5.74) is 11.3. The summed E-state index contributed by atoms with van der Waals surface area (Å²) in [6.45, 7) is 3.07. The number of carbonyl (C=O) groups is 1. The van der Waals surface area contributed by atoms with Crippen molar-refractivity contribution in [3.05, 3.63) is 59.7 Å². The molecule has 0 fully saturated rings. The van der Waals surface area contributed by atoms with Gasteiger partial charge in [-0.2, -0.15) is 0 Å². The van der Waals surface area contributed by atoms with Gasteiger partial charge < -0.3 is 15.8 Å². The first-order valence-electron chi connectivity index (χ1n) is 9.51. The quantitative estimate of drug-likeness (QED) is 0.494. The number of amides is 1. The number of para-hydroxylation sites is 2. The molecule has 29 heavy (non-hydrogen) atoms. The van der Waals surface area contributed by atoms with E-state index >= 15 is 0 Å². The molecular weight excluding hydrogens is 366 g/mol. The van der Waals surface area contributed by atoms with Crippen LogP contribution in [0.5, 0.6) is 0 Å². The molecule has 7 nitrogen and oxygen atoms in total. The van der Waals surface area contributed by atoms with Gasteiger partial charge in [-0.15, -0.1) is 0 Å². The second kappa shape index (κ2) is 7.89. The van der Waals surface area contributed by atoms with Crippen LogP contribution >= 0.6 is 0 Å². The van der Waals surface area contributed by atoms with E-state index in [1.54, 1.807) is 11.7 Å². The molecule has 2 heterocycles. The summed E-state index contributed by atoms with van der Waals surface area (Å²) in [5.74, 6) is 0.0599. The number of carbonyl (C=O) groups excluding carboxylic acids is 1. The zero-order valence-electron chi connectivity index (χ0n) is 16.5. The topological polar surface area (TPSA) is 95.1 Å². The number of nitrogens with zero attached hydrogens (tertiary/aromatic N) is 3. The lowest BCUT2D eigenvalue weighted by atomic mass is 10.2. The lowest BCUT2D eigenvalue weighted by molar-refractivity contribution is 0.0951. The van der Waals surface area contributed by atoms with Crippen LogP contribution in [0.4, 0.5) is 5.82 Å². The lowest BCUT2D eigenvalue weighted by Crippen LogP contribution is -2.26. The Hall–Kier alpha value is -3.45. The number of aryl methyl sites for hydroxylation is 1. The average molecular weight is 389 g/mol. The summed E-state index contributed by atoms with van der Waals surface area (Å²) in [6, 6.07) is 15.5. The maximum atomic E-state index is 13.0. The normalized spacial score (nSPS) is 11.2. The Morgan fingerprint density at radius 1 is 1.14 bits per heavy atom. The van der Waals surface area contributed by atoms with Gasteiger partial charge in [-0.3, -0.25) is 9.36 Å². The molecule has 7 heteroatoms. The minimum Gasteiger partial charge on any atom is -0.385 e. The Morgan fingerprint density at radius 3 is 2.62 bits per heavy atom. The zero-order chi connectivity index (χ0) is 20.4. The molecule has 4 aromatic rings. The molecule has 2 aromatic carbocycles. The first kappa shape index (κ1) is 18.9. The number of nitrogens with one attached hydrogen (secondary N) is 1. The number of methoxy groups -OCH3 is 1. The molecular formula is C22H23N5O2. The zero-order valence-corrected chi connectivity index (χ0v) is 16.5. The Kier molecular flexibility index (Phi) is 5.14. The van der Waals surface area contributed by atoms with Crippen molar-refractivity contribution in [3.8, 4) is 5.69 Å². The van der Waals surface area contributed by atoms with E-state index in [1.807, 2.05) is 55.5 Å². The van der Waals surface area contributed by atoms with E-state index in [2.05, 4.69) is 5.32 Å². The third-order valence-corrected chi connectivity index (χ3v) is 4.80. The Labute approximate surface area is 168 Å². The molecule has 4 rings (SSSR count). The van der Waals surface area contributed by atoms with Gasteiger partial charge >= 0.3 is 0 Å². The highest BCUT2D eigenvalue weighted by Crippen LogP contribution is 2.31. The van der Waals surface area contributed by atoms with Crippen molar-refractivity contribution in [3.63, 3.8) is 0 Å². The number of nitrogen functional groups attached to an aromatic ring is 1. The molecule has 0 aliphatic carbocycles. The van der Waals surface area contributed by atoms with Crippen LogP contribution in [0, 0.1) is 6.92 Å². The standard InChI is InChI=1S/C22H23N5O2/c1-14-7-5-8-15(13-14)27-20(23)18(22(28)24-11-6-12-29-2)19-21(27)26-17-10-4-3-9-16(17)25-19/h3-5,7-10,13H,6,11-12,23H2,1-2H3,(H,24,28). The molecule has 0 radical (unpaired) electrons. The van der Waals surface area contributed by atoms with Crippen LogP contribution in [0.3, 0.4) is 0 Å². The predicted octanol–water partition coefficient (Wildman–Crippen LogP) is 3.23. The van der Waals surface area contributed by atoms with Gasteiger partial charge in [-0.1, -0.05) is 24.3 Å². The fourth-order valence-corrected chi connectivity index (χ4v) is 3.42. The number of rotatable bonds is 6. The van der Waals surface area contributed by atoms with Gasteiger partial charge in [0.2, 0.25) is 0 Å². The molecule has 0 saturated heterocycles. The maximum absolute atomic E-state index is 13.0. The summed E-state index contributed by atoms with van der Waals surface area (Å²) < 4.78 is 6.84. The van der Waals surface area contributed by atoms with Crippen LogP contribution in [0.15, 0.2) is 48.5 Å². The van der Waals surface area contributed by atoms with Crippen molar-refractivity contribution in [2.45, 2.75) is 13.3 Å². The van der Waals surface area contributed by atoms with E-state index < -0.39 is 0 Å². The van der Waals surface area contributed by atoms with Crippen LogP contribution in [-0.4, -0.2) is 40.7 Å². The van der Waals surface area contributed by atoms with E-state index in [0.29, 0.717) is 42.1 Å². The summed E-state index contributed by atoms with van der Waals surface area (Å²) >= 11 is 0. The summed E-state index contributed by atoms with van der Waals surface area (Å²) in [7, 11) is 1.63. The molecule has 148 valence electrons. The molecule has 0 aliphatic heterocycles. The fraction of sp³-hybridized carbons (Fsp3) is 0.227. The van der Waals surface area contributed by atoms with Crippen molar-refractivity contribution >= 4 is 33.9 Å². The number of nitrogens with two attached hydrogens (primary N) is 1. The molecule has 1 amide bonds. The second-order valence-electron chi connectivity index (χ2n) is 6.92. The minimum atomic E-state index is -0.264. The van der Waals surface area contributed by atoms with Gasteiger partial charge in [0.15, 0.2) is 5.65 Å². The minimum absolute atomic E-state index is 0.264. The van der Waals surface area contributed by atoms with Gasteiger partial charge in [0, 0.05) is 25.9 Å². The van der Waals surface area contributed by atoms with E-state index in [0.717, 1.165) is 22.3 Å². The number of ether oxygens (including phenoxy) is 1. The van der Waals surface area contributed by atoms with Crippen LogP contribution in [0.2, 0.25) is 0 Å². The molecule has 0 bridgehead atoms. The SMILES string of the molecule is COCCCNC(=O)c1c(N)n(-c2cccc(C)c2)c2nc3ccccc3nc12. The Bertz CT molecular complexity index is 1200. The van der Waals surface area contributed by atoms with E-state index in [-0.39, 0.29) is 5.91 Å². The predicted molar refractivity (Wildman–Crippen MR) is 114 cm³/mol. The maximum Gasteiger partial charge on any atom is 0.257 e. The number of fused-ring (bicyclic) bond motifs is 2. The molecule has 0 aliphatic rings. The highest BCUT2D eigenvalue weighted by Gasteiger charge is 2.24.